The van der Waals surface area contributed by atoms with Crippen molar-refractivity contribution < 1.29 is 14.3 Å². The van der Waals surface area contributed by atoms with Gasteiger partial charge in [-0.25, -0.2) is 0 Å². The summed E-state index contributed by atoms with van der Waals surface area (Å²) in [5, 5.41) is -0.258. The second kappa shape index (κ2) is 7.76. The van der Waals surface area contributed by atoms with Gasteiger partial charge < -0.3 is 4.74 Å². The number of carbonyl (C=O) groups excluding carboxylic acids is 2. The molecular weight excluding hydrogens is 470 g/mol. The molecule has 0 aromatic heterocycles. The van der Waals surface area contributed by atoms with Gasteiger partial charge in [0, 0.05) is 0 Å². The maximum absolute atomic E-state index is 12.6. The number of benzene rings is 2. The molecule has 2 aromatic rings. The monoisotopic (exact) mass is 481 g/mol. The van der Waals surface area contributed by atoms with E-state index in [0.29, 0.717) is 10.7 Å². The molecule has 0 saturated carbocycles. The van der Waals surface area contributed by atoms with Crippen LogP contribution in [0.2, 0.25) is 0 Å². The first kappa shape index (κ1) is 18.2. The summed E-state index contributed by atoms with van der Waals surface area (Å²) in [4.78, 5) is 26.5. The summed E-state index contributed by atoms with van der Waals surface area (Å²) in [7, 11) is 1.58. The van der Waals surface area contributed by atoms with Gasteiger partial charge in [0.2, 0.25) is 0 Å². The number of thioether (sulfide) groups is 1. The molecule has 128 valence electrons. The number of nitrogens with zero attached hydrogens (tertiary/aromatic N) is 1. The number of rotatable bonds is 4. The van der Waals surface area contributed by atoms with Crippen LogP contribution in [0.3, 0.4) is 0 Å². The summed E-state index contributed by atoms with van der Waals surface area (Å²) in [5.41, 5.74) is 1.71. The molecule has 2 amide bonds. The van der Waals surface area contributed by atoms with Crippen LogP contribution in [-0.4, -0.2) is 23.2 Å². The third kappa shape index (κ3) is 3.99. The van der Waals surface area contributed by atoms with Gasteiger partial charge in [-0.1, -0.05) is 30.3 Å². The third-order valence-electron chi connectivity index (χ3n) is 3.58. The molecule has 0 unspecified atom stereocenters. The Kier molecular flexibility index (Phi) is 5.66. The van der Waals surface area contributed by atoms with Gasteiger partial charge >= 0.3 is 0 Å². The van der Waals surface area contributed by atoms with E-state index < -0.39 is 0 Å². The normalized spacial score (nSPS) is 16.0. The Balaban J connectivity index is 1.85. The van der Waals surface area contributed by atoms with Crippen LogP contribution in [0.5, 0.6) is 5.75 Å². The van der Waals surface area contributed by atoms with Gasteiger partial charge in [-0.05, 0) is 73.0 Å². The molecular formula is C18H13Br2NO3S. The van der Waals surface area contributed by atoms with Gasteiger partial charge in [0.05, 0.1) is 27.5 Å². The van der Waals surface area contributed by atoms with E-state index in [-0.39, 0.29) is 17.7 Å². The first-order valence-corrected chi connectivity index (χ1v) is 9.72. The summed E-state index contributed by atoms with van der Waals surface area (Å²) >= 11 is 7.83. The highest BCUT2D eigenvalue weighted by atomic mass is 79.9. The van der Waals surface area contributed by atoms with Crippen molar-refractivity contribution in [1.82, 2.24) is 4.90 Å². The van der Waals surface area contributed by atoms with Crippen molar-refractivity contribution in [3.8, 4) is 5.75 Å². The molecule has 7 heteroatoms. The summed E-state index contributed by atoms with van der Waals surface area (Å²) in [6.07, 6.45) is 1.71. The SMILES string of the molecule is COc1c(Br)cc(/C=C2\SC(=O)N(Cc3ccccc3)C2=O)cc1Br. The fraction of sp³-hybridized carbons (Fsp3) is 0.111. The van der Waals surface area contributed by atoms with Gasteiger partial charge in [-0.2, -0.15) is 0 Å². The minimum absolute atomic E-state index is 0.258. The molecule has 4 nitrogen and oxygen atoms in total. The molecule has 1 fully saturated rings. The molecule has 1 aliphatic rings. The van der Waals surface area contributed by atoms with Crippen LogP contribution in [0, 0.1) is 0 Å². The van der Waals surface area contributed by atoms with Crippen molar-refractivity contribution in [2.45, 2.75) is 6.54 Å². The lowest BCUT2D eigenvalue weighted by Gasteiger charge is -2.12. The second-order valence-electron chi connectivity index (χ2n) is 5.27. The maximum Gasteiger partial charge on any atom is 0.293 e. The van der Waals surface area contributed by atoms with Crippen molar-refractivity contribution in [3.63, 3.8) is 0 Å². The number of carbonyl (C=O) groups is 2. The van der Waals surface area contributed by atoms with Gasteiger partial charge in [-0.15, -0.1) is 0 Å². The zero-order chi connectivity index (χ0) is 18.0. The number of amides is 2. The molecule has 2 aromatic carbocycles. The van der Waals surface area contributed by atoms with E-state index >= 15 is 0 Å². The first-order valence-electron chi connectivity index (χ1n) is 7.32. The molecule has 3 rings (SSSR count). The van der Waals surface area contributed by atoms with E-state index in [2.05, 4.69) is 31.9 Å². The van der Waals surface area contributed by atoms with E-state index in [0.717, 1.165) is 31.8 Å². The summed E-state index contributed by atoms with van der Waals surface area (Å²) in [5.74, 6) is 0.399. The van der Waals surface area contributed by atoms with Crippen molar-refractivity contribution in [1.29, 1.82) is 0 Å². The number of hydrogen-bond donors (Lipinski definition) is 0. The van der Waals surface area contributed by atoms with E-state index in [4.69, 9.17) is 4.74 Å². The fourth-order valence-corrected chi connectivity index (χ4v) is 4.80. The highest BCUT2D eigenvalue weighted by Gasteiger charge is 2.35. The van der Waals surface area contributed by atoms with Crippen LogP contribution < -0.4 is 4.74 Å². The molecule has 0 atom stereocenters. The number of hydrogen-bond acceptors (Lipinski definition) is 4. The molecule has 0 aliphatic carbocycles. The van der Waals surface area contributed by atoms with Gasteiger partial charge in [0.25, 0.3) is 11.1 Å². The van der Waals surface area contributed by atoms with Crippen molar-refractivity contribution in [3.05, 3.63) is 67.4 Å². The molecule has 1 heterocycles. The summed E-state index contributed by atoms with van der Waals surface area (Å²) in [6.45, 7) is 0.277. The average molecular weight is 483 g/mol. The zero-order valence-corrected chi connectivity index (χ0v) is 17.2. The standard InChI is InChI=1S/C18H13Br2NO3S/c1-24-16-13(19)7-12(8-14(16)20)9-15-17(22)21(18(23)25-15)10-11-5-3-2-4-6-11/h2-9H,10H2,1H3/b15-9-. The Morgan fingerprint density at radius 1 is 1.12 bits per heavy atom. The summed E-state index contributed by atoms with van der Waals surface area (Å²) < 4.78 is 6.80. The van der Waals surface area contributed by atoms with Gasteiger partial charge in [0.1, 0.15) is 5.75 Å². The molecule has 1 saturated heterocycles. The number of imide groups is 1. The van der Waals surface area contributed by atoms with Crippen molar-refractivity contribution in [2.24, 2.45) is 0 Å². The Hall–Kier alpha value is -1.57. The Labute approximate surface area is 166 Å². The molecule has 0 N–H and O–H groups in total. The molecule has 1 aliphatic heterocycles. The Morgan fingerprint density at radius 2 is 1.76 bits per heavy atom. The number of halogens is 2. The fourth-order valence-electron chi connectivity index (χ4n) is 2.41. The highest BCUT2D eigenvalue weighted by Crippen LogP contribution is 2.37. The van der Waals surface area contributed by atoms with Crippen LogP contribution in [0.4, 0.5) is 4.79 Å². The van der Waals surface area contributed by atoms with Crippen LogP contribution in [-0.2, 0) is 11.3 Å². The summed E-state index contributed by atoms with van der Waals surface area (Å²) in [6, 6.07) is 13.1. The smallest absolute Gasteiger partial charge is 0.293 e. The highest BCUT2D eigenvalue weighted by molar-refractivity contribution is 9.11. The lowest BCUT2D eigenvalue weighted by Crippen LogP contribution is -2.27. The first-order chi connectivity index (χ1) is 12.0. The lowest BCUT2D eigenvalue weighted by molar-refractivity contribution is -0.123. The van der Waals surface area contributed by atoms with Crippen LogP contribution >= 0.6 is 43.6 Å². The van der Waals surface area contributed by atoms with Crippen molar-refractivity contribution >= 4 is 60.8 Å². The molecule has 0 radical (unpaired) electrons. The zero-order valence-electron chi connectivity index (χ0n) is 13.2. The number of ether oxygens (including phenoxy) is 1. The molecule has 25 heavy (non-hydrogen) atoms. The maximum atomic E-state index is 12.6. The minimum atomic E-state index is -0.276. The third-order valence-corrected chi connectivity index (χ3v) is 5.67. The topological polar surface area (TPSA) is 46.6 Å². The quantitative estimate of drug-likeness (QED) is 0.543. The van der Waals surface area contributed by atoms with Crippen molar-refractivity contribution in [2.75, 3.05) is 7.11 Å². The minimum Gasteiger partial charge on any atom is -0.494 e. The van der Waals surface area contributed by atoms with Gasteiger partial charge in [-0.3, -0.25) is 14.5 Å². The van der Waals surface area contributed by atoms with E-state index in [1.807, 2.05) is 42.5 Å². The van der Waals surface area contributed by atoms with E-state index in [9.17, 15) is 9.59 Å². The lowest BCUT2D eigenvalue weighted by atomic mass is 10.2. The Morgan fingerprint density at radius 3 is 2.36 bits per heavy atom. The molecule has 0 bridgehead atoms. The van der Waals surface area contributed by atoms with E-state index in [1.54, 1.807) is 13.2 Å². The largest absolute Gasteiger partial charge is 0.494 e. The second-order valence-corrected chi connectivity index (χ2v) is 7.97. The van der Waals surface area contributed by atoms with Crippen LogP contribution in [0.1, 0.15) is 11.1 Å². The Bertz CT molecular complexity index is 845. The van der Waals surface area contributed by atoms with Gasteiger partial charge in [0.15, 0.2) is 0 Å². The number of methoxy groups -OCH3 is 1. The predicted octanol–water partition coefficient (Wildman–Crippen LogP) is 5.46. The average Bonchev–Trinajstić information content (AvgIpc) is 2.83. The van der Waals surface area contributed by atoms with Crippen LogP contribution in [0.25, 0.3) is 6.08 Å². The van der Waals surface area contributed by atoms with E-state index in [1.165, 1.54) is 4.90 Å². The van der Waals surface area contributed by atoms with Crippen LogP contribution in [0.15, 0.2) is 56.3 Å². The molecule has 0 spiro atoms. The predicted molar refractivity (Wildman–Crippen MR) is 106 cm³/mol.